The molecule has 0 amide bonds. The van der Waals surface area contributed by atoms with Crippen LogP contribution in [0.3, 0.4) is 0 Å². The lowest BCUT2D eigenvalue weighted by atomic mass is 9.94. The number of aromatic nitrogens is 3. The molecule has 0 spiro atoms. The number of aliphatic hydroxyl groups is 1. The molecule has 38 heavy (non-hydrogen) atoms. The quantitative estimate of drug-likeness (QED) is 0.204. The molecule has 0 aliphatic rings. The monoisotopic (exact) mass is 559 g/mol. The van der Waals surface area contributed by atoms with Crippen LogP contribution in [0.15, 0.2) is 42.5 Å². The number of rotatable bonds is 6. The SMILES string of the molecule is Cn1nc(NS(=O)O)c2c(Cl)ccc(-c3ccc(C#CC(C)(C)O)nc3C(N)Cc3cc(F)cc(F)c3)c21. The normalized spacial score (nSPS) is 13.2. The van der Waals surface area contributed by atoms with Gasteiger partial charge in [0.1, 0.15) is 22.9 Å². The Morgan fingerprint density at radius 3 is 2.47 bits per heavy atom. The minimum atomic E-state index is -2.38. The molecule has 5 N–H and O–H groups in total. The van der Waals surface area contributed by atoms with Gasteiger partial charge in [0.15, 0.2) is 5.82 Å². The molecule has 0 bridgehead atoms. The largest absolute Gasteiger partial charge is 0.378 e. The van der Waals surface area contributed by atoms with Crippen molar-refractivity contribution >= 4 is 39.6 Å². The average Bonchev–Trinajstić information content (AvgIpc) is 3.13. The van der Waals surface area contributed by atoms with Crippen molar-refractivity contribution in [1.29, 1.82) is 0 Å². The predicted octanol–water partition coefficient (Wildman–Crippen LogP) is 4.48. The highest BCUT2D eigenvalue weighted by molar-refractivity contribution is 7.80. The second-order valence-corrected chi connectivity index (χ2v) is 10.3. The van der Waals surface area contributed by atoms with Gasteiger partial charge in [-0.25, -0.2) is 18.0 Å². The highest BCUT2D eigenvalue weighted by atomic mass is 35.5. The second-order valence-electron chi connectivity index (χ2n) is 9.17. The Labute approximate surface area is 225 Å². The Morgan fingerprint density at radius 2 is 1.84 bits per heavy atom. The molecular weight excluding hydrogens is 536 g/mol. The number of benzene rings is 2. The van der Waals surface area contributed by atoms with E-state index in [0.717, 1.165) is 6.07 Å². The summed E-state index contributed by atoms with van der Waals surface area (Å²) in [5.41, 5.74) is 8.08. The maximum Gasteiger partial charge on any atom is 0.260 e. The number of hydrogen-bond donors (Lipinski definition) is 4. The number of halogens is 3. The maximum absolute atomic E-state index is 13.8. The molecule has 2 aromatic carbocycles. The number of nitrogens with two attached hydrogens (primary N) is 1. The molecule has 2 atom stereocenters. The first-order valence-electron chi connectivity index (χ1n) is 11.3. The summed E-state index contributed by atoms with van der Waals surface area (Å²) in [4.78, 5) is 4.64. The van der Waals surface area contributed by atoms with E-state index in [9.17, 15) is 22.6 Å². The van der Waals surface area contributed by atoms with Crippen LogP contribution in [0.4, 0.5) is 14.6 Å². The van der Waals surface area contributed by atoms with Crippen LogP contribution >= 0.6 is 11.6 Å². The Morgan fingerprint density at radius 1 is 1.18 bits per heavy atom. The minimum Gasteiger partial charge on any atom is -0.378 e. The lowest BCUT2D eigenvalue weighted by molar-refractivity contribution is 0.143. The third-order valence-corrected chi connectivity index (χ3v) is 6.24. The molecule has 4 rings (SSSR count). The molecule has 0 saturated heterocycles. The van der Waals surface area contributed by atoms with Crippen LogP contribution < -0.4 is 10.5 Å². The van der Waals surface area contributed by atoms with Crippen LogP contribution in [0.2, 0.25) is 5.02 Å². The van der Waals surface area contributed by atoms with Gasteiger partial charge in [0, 0.05) is 24.2 Å². The summed E-state index contributed by atoms with van der Waals surface area (Å²) in [6.07, 6.45) is 0.0650. The summed E-state index contributed by atoms with van der Waals surface area (Å²) in [6.45, 7) is 3.08. The number of aryl methyl sites for hydroxylation is 1. The predicted molar refractivity (Wildman–Crippen MR) is 144 cm³/mol. The van der Waals surface area contributed by atoms with Gasteiger partial charge in [-0.05, 0) is 62.1 Å². The van der Waals surface area contributed by atoms with Gasteiger partial charge in [0.05, 0.1) is 27.7 Å². The van der Waals surface area contributed by atoms with E-state index < -0.39 is 34.5 Å². The first-order chi connectivity index (χ1) is 17.8. The van der Waals surface area contributed by atoms with E-state index in [1.165, 1.54) is 30.7 Å². The number of hydrogen-bond acceptors (Lipinski definition) is 5. The number of nitrogens with one attached hydrogen (secondary N) is 1. The number of anilines is 1. The minimum absolute atomic E-state index is 0.0650. The first-order valence-corrected chi connectivity index (χ1v) is 12.8. The summed E-state index contributed by atoms with van der Waals surface area (Å²) >= 11 is 4.06. The Bertz CT molecular complexity index is 1610. The molecule has 198 valence electrons. The molecule has 0 radical (unpaired) electrons. The van der Waals surface area contributed by atoms with Crippen molar-refractivity contribution in [2.24, 2.45) is 12.8 Å². The molecule has 0 fully saturated rings. The lowest BCUT2D eigenvalue weighted by Gasteiger charge is -2.18. The lowest BCUT2D eigenvalue weighted by Crippen LogP contribution is -2.17. The third-order valence-electron chi connectivity index (χ3n) is 5.56. The fourth-order valence-corrected chi connectivity index (χ4v) is 4.65. The Kier molecular flexibility index (Phi) is 7.83. The smallest absolute Gasteiger partial charge is 0.260 e. The molecule has 2 heterocycles. The summed E-state index contributed by atoms with van der Waals surface area (Å²) in [5, 5.41) is 15.0. The Balaban J connectivity index is 1.91. The first kappa shape index (κ1) is 27.6. The fourth-order valence-electron chi connectivity index (χ4n) is 4.10. The molecule has 12 heteroatoms. The second kappa shape index (κ2) is 10.8. The van der Waals surface area contributed by atoms with Crippen LogP contribution in [0.5, 0.6) is 0 Å². The molecule has 0 saturated carbocycles. The van der Waals surface area contributed by atoms with E-state index in [1.54, 1.807) is 31.3 Å². The highest BCUT2D eigenvalue weighted by Gasteiger charge is 2.22. The zero-order chi connectivity index (χ0) is 27.8. The standard InChI is InChI=1S/C26H24ClF2N5O3S/c1-26(2,35)9-8-17-4-5-18(23(31-17)21(30)12-14-10-15(28)13-16(29)11-14)19-6-7-20(27)22-24(19)34(3)32-25(22)33-38(36)37/h4-7,10-11,13,21,35H,12,30H2,1-3H3,(H,32,33)(H,36,37). The van der Waals surface area contributed by atoms with Gasteiger partial charge in [-0.1, -0.05) is 23.6 Å². The summed E-state index contributed by atoms with van der Waals surface area (Å²) in [5.74, 6) is 4.20. The van der Waals surface area contributed by atoms with Gasteiger partial charge < -0.3 is 10.8 Å². The molecular formula is C26H24ClF2N5O3S. The molecule has 2 unspecified atom stereocenters. The maximum atomic E-state index is 13.8. The molecule has 4 aromatic rings. The van der Waals surface area contributed by atoms with E-state index in [1.807, 2.05) is 0 Å². The van der Waals surface area contributed by atoms with Gasteiger partial charge in [-0.2, -0.15) is 5.10 Å². The van der Waals surface area contributed by atoms with Crippen LogP contribution in [-0.2, 0) is 24.7 Å². The van der Waals surface area contributed by atoms with Crippen molar-refractivity contribution in [3.63, 3.8) is 0 Å². The number of fused-ring (bicyclic) bond motifs is 1. The van der Waals surface area contributed by atoms with Gasteiger partial charge in [-0.15, -0.1) is 0 Å². The average molecular weight is 560 g/mol. The van der Waals surface area contributed by atoms with Crippen LogP contribution in [0, 0.1) is 23.5 Å². The topological polar surface area (TPSA) is 126 Å². The van der Waals surface area contributed by atoms with Crippen molar-refractivity contribution in [3.8, 4) is 23.0 Å². The molecule has 0 aliphatic heterocycles. The zero-order valence-electron chi connectivity index (χ0n) is 20.6. The van der Waals surface area contributed by atoms with Crippen molar-refractivity contribution in [2.75, 3.05) is 4.72 Å². The van der Waals surface area contributed by atoms with Gasteiger partial charge in [-0.3, -0.25) is 14.0 Å². The van der Waals surface area contributed by atoms with Crippen molar-refractivity contribution in [3.05, 3.63) is 76.1 Å². The van der Waals surface area contributed by atoms with E-state index in [4.69, 9.17) is 17.3 Å². The van der Waals surface area contributed by atoms with Gasteiger partial charge in [0.25, 0.3) is 11.3 Å². The zero-order valence-corrected chi connectivity index (χ0v) is 22.2. The van der Waals surface area contributed by atoms with Gasteiger partial charge in [0.2, 0.25) is 0 Å². The molecule has 0 aliphatic carbocycles. The third kappa shape index (κ3) is 6.18. The number of nitrogens with zero attached hydrogens (tertiary/aromatic N) is 3. The fraction of sp³-hybridized carbons (Fsp3) is 0.231. The van der Waals surface area contributed by atoms with Crippen molar-refractivity contribution in [2.45, 2.75) is 31.9 Å². The van der Waals surface area contributed by atoms with Gasteiger partial charge >= 0.3 is 0 Å². The summed E-state index contributed by atoms with van der Waals surface area (Å²) in [7, 11) is 1.65. The van der Waals surface area contributed by atoms with Crippen molar-refractivity contribution < 1.29 is 22.6 Å². The highest BCUT2D eigenvalue weighted by Crippen LogP contribution is 2.39. The van der Waals surface area contributed by atoms with Crippen molar-refractivity contribution in [1.82, 2.24) is 14.8 Å². The van der Waals surface area contributed by atoms with Crippen LogP contribution in [0.1, 0.15) is 36.8 Å². The number of pyridine rings is 1. The Hall–Kier alpha value is -3.40. The summed E-state index contributed by atoms with van der Waals surface area (Å²) in [6, 6.07) is 9.14. The molecule has 8 nitrogen and oxygen atoms in total. The van der Waals surface area contributed by atoms with Crippen LogP contribution in [-0.4, -0.2) is 34.2 Å². The van der Waals surface area contributed by atoms with E-state index >= 15 is 0 Å². The van der Waals surface area contributed by atoms with E-state index in [2.05, 4.69) is 26.6 Å². The van der Waals surface area contributed by atoms with E-state index in [0.29, 0.717) is 44.0 Å². The van der Waals surface area contributed by atoms with E-state index in [-0.39, 0.29) is 12.2 Å². The molecule has 2 aromatic heterocycles. The van der Waals surface area contributed by atoms with Crippen LogP contribution in [0.25, 0.3) is 22.0 Å². The summed E-state index contributed by atoms with van der Waals surface area (Å²) < 4.78 is 52.3.